The Morgan fingerprint density at radius 3 is 2.67 bits per heavy atom. The zero-order chi connectivity index (χ0) is 12.8. The van der Waals surface area contributed by atoms with E-state index >= 15 is 0 Å². The minimum Gasteiger partial charge on any atom is -0.392 e. The van der Waals surface area contributed by atoms with Gasteiger partial charge in [-0.15, -0.1) is 0 Å². The molecule has 0 fully saturated rings. The molecule has 1 aromatic carbocycles. The summed E-state index contributed by atoms with van der Waals surface area (Å²) in [5, 5.41) is 11.8. The van der Waals surface area contributed by atoms with Crippen LogP contribution in [0.4, 0.5) is 0 Å². The molecular weight excluding hydrogens is 230 g/mol. The van der Waals surface area contributed by atoms with E-state index in [0.717, 1.165) is 11.1 Å². The minimum atomic E-state index is -0.218. The molecule has 92 valence electrons. The molecule has 0 bridgehead atoms. The third-order valence-electron chi connectivity index (χ3n) is 2.45. The fourth-order valence-electron chi connectivity index (χ4n) is 1.54. The third-order valence-corrected chi connectivity index (χ3v) is 2.45. The second kappa shape index (κ2) is 5.88. The van der Waals surface area contributed by atoms with Gasteiger partial charge in [0.25, 0.3) is 5.91 Å². The summed E-state index contributed by atoms with van der Waals surface area (Å²) in [7, 11) is 0. The van der Waals surface area contributed by atoms with E-state index in [-0.39, 0.29) is 12.5 Å². The van der Waals surface area contributed by atoms with Crippen molar-refractivity contribution in [3.8, 4) is 0 Å². The average molecular weight is 243 g/mol. The Morgan fingerprint density at radius 2 is 1.94 bits per heavy atom. The molecule has 18 heavy (non-hydrogen) atoms. The van der Waals surface area contributed by atoms with Crippen LogP contribution in [0.1, 0.15) is 21.5 Å². The van der Waals surface area contributed by atoms with Crippen molar-refractivity contribution < 1.29 is 9.90 Å². The van der Waals surface area contributed by atoms with Crippen LogP contribution in [0.15, 0.2) is 43.0 Å². The van der Waals surface area contributed by atoms with E-state index in [1.807, 2.05) is 24.3 Å². The van der Waals surface area contributed by atoms with E-state index in [0.29, 0.717) is 12.1 Å². The lowest BCUT2D eigenvalue weighted by molar-refractivity contribution is 0.0950. The smallest absolute Gasteiger partial charge is 0.254 e. The molecule has 1 amide bonds. The molecular formula is C13H13N3O2. The first-order chi connectivity index (χ1) is 8.79. The summed E-state index contributed by atoms with van der Waals surface area (Å²) >= 11 is 0. The van der Waals surface area contributed by atoms with E-state index in [4.69, 9.17) is 5.11 Å². The number of rotatable bonds is 4. The number of hydrogen-bond donors (Lipinski definition) is 2. The van der Waals surface area contributed by atoms with Gasteiger partial charge in [0.2, 0.25) is 0 Å². The van der Waals surface area contributed by atoms with Crippen LogP contribution in [-0.4, -0.2) is 21.0 Å². The number of hydrogen-bond acceptors (Lipinski definition) is 4. The normalized spacial score (nSPS) is 10.1. The van der Waals surface area contributed by atoms with E-state index in [1.54, 1.807) is 0 Å². The molecule has 5 nitrogen and oxygen atoms in total. The fourth-order valence-corrected chi connectivity index (χ4v) is 1.54. The lowest BCUT2D eigenvalue weighted by Crippen LogP contribution is -2.23. The lowest BCUT2D eigenvalue weighted by atomic mass is 10.1. The summed E-state index contributed by atoms with van der Waals surface area (Å²) in [5.41, 5.74) is 2.19. The van der Waals surface area contributed by atoms with E-state index in [1.165, 1.54) is 18.7 Å². The minimum absolute atomic E-state index is 0.00564. The maximum Gasteiger partial charge on any atom is 0.254 e. The van der Waals surface area contributed by atoms with Crippen molar-refractivity contribution in [2.24, 2.45) is 0 Å². The first-order valence-electron chi connectivity index (χ1n) is 5.51. The molecule has 5 heteroatoms. The van der Waals surface area contributed by atoms with E-state index < -0.39 is 0 Å². The van der Waals surface area contributed by atoms with Gasteiger partial charge >= 0.3 is 0 Å². The van der Waals surface area contributed by atoms with Crippen LogP contribution >= 0.6 is 0 Å². The van der Waals surface area contributed by atoms with Crippen LogP contribution in [0.5, 0.6) is 0 Å². The van der Waals surface area contributed by atoms with Crippen LogP contribution in [0.2, 0.25) is 0 Å². The summed E-state index contributed by atoms with van der Waals surface area (Å²) in [6, 6.07) is 7.41. The molecule has 0 aliphatic rings. The van der Waals surface area contributed by atoms with Gasteiger partial charge in [0.05, 0.1) is 12.2 Å². The summed E-state index contributed by atoms with van der Waals surface area (Å²) in [5.74, 6) is -0.218. The van der Waals surface area contributed by atoms with Gasteiger partial charge in [-0.1, -0.05) is 24.3 Å². The maximum absolute atomic E-state index is 11.7. The quantitative estimate of drug-likeness (QED) is 0.836. The van der Waals surface area contributed by atoms with Crippen LogP contribution in [0, 0.1) is 0 Å². The van der Waals surface area contributed by atoms with Gasteiger partial charge in [0.1, 0.15) is 6.33 Å². The van der Waals surface area contributed by atoms with E-state index in [9.17, 15) is 4.79 Å². The molecule has 0 radical (unpaired) electrons. The molecule has 1 aromatic heterocycles. The maximum atomic E-state index is 11.7. The lowest BCUT2D eigenvalue weighted by Gasteiger charge is -2.06. The topological polar surface area (TPSA) is 75.1 Å². The zero-order valence-corrected chi connectivity index (χ0v) is 9.71. The number of nitrogens with one attached hydrogen (secondary N) is 1. The van der Waals surface area contributed by atoms with Crippen LogP contribution in [-0.2, 0) is 13.2 Å². The van der Waals surface area contributed by atoms with Crippen molar-refractivity contribution in [2.45, 2.75) is 13.2 Å². The molecule has 0 atom stereocenters. The standard InChI is InChI=1S/C13H13N3O2/c17-8-11-3-1-2-10(4-11)5-16-13(18)12-6-14-9-15-7-12/h1-4,6-7,9,17H,5,8H2,(H,16,18). The Hall–Kier alpha value is -2.27. The number of aliphatic hydroxyl groups is 1. The van der Waals surface area contributed by atoms with Crippen molar-refractivity contribution in [1.29, 1.82) is 0 Å². The van der Waals surface area contributed by atoms with Gasteiger partial charge < -0.3 is 10.4 Å². The monoisotopic (exact) mass is 243 g/mol. The number of nitrogens with zero attached hydrogens (tertiary/aromatic N) is 2. The Bertz CT molecular complexity index is 529. The number of carbonyl (C=O) groups is 1. The molecule has 2 aromatic rings. The van der Waals surface area contributed by atoms with Crippen molar-refractivity contribution in [3.05, 3.63) is 59.7 Å². The Balaban J connectivity index is 1.97. The number of amides is 1. The van der Waals surface area contributed by atoms with E-state index in [2.05, 4.69) is 15.3 Å². The van der Waals surface area contributed by atoms with Crippen LogP contribution < -0.4 is 5.32 Å². The van der Waals surface area contributed by atoms with Gasteiger partial charge in [-0.25, -0.2) is 9.97 Å². The molecule has 0 aliphatic heterocycles. The van der Waals surface area contributed by atoms with Gasteiger partial charge in [0, 0.05) is 18.9 Å². The summed E-state index contributed by atoms with van der Waals surface area (Å²) in [6.45, 7) is 0.399. The first-order valence-corrected chi connectivity index (χ1v) is 5.51. The van der Waals surface area contributed by atoms with Crippen molar-refractivity contribution in [1.82, 2.24) is 15.3 Å². The largest absolute Gasteiger partial charge is 0.392 e. The fraction of sp³-hybridized carbons (Fsp3) is 0.154. The van der Waals surface area contributed by atoms with Gasteiger partial charge in [-0.2, -0.15) is 0 Å². The molecule has 2 rings (SSSR count). The van der Waals surface area contributed by atoms with Crippen molar-refractivity contribution >= 4 is 5.91 Å². The zero-order valence-electron chi connectivity index (χ0n) is 9.71. The Labute approximate surface area is 105 Å². The predicted octanol–water partition coefficient (Wildman–Crippen LogP) is 0.899. The van der Waals surface area contributed by atoms with Gasteiger partial charge in [-0.05, 0) is 11.1 Å². The number of carbonyl (C=O) groups excluding carboxylic acids is 1. The number of aromatic nitrogens is 2. The third kappa shape index (κ3) is 3.11. The summed E-state index contributed by atoms with van der Waals surface area (Å²) in [6.07, 6.45) is 4.31. The molecule has 0 saturated carbocycles. The number of benzene rings is 1. The molecule has 0 spiro atoms. The molecule has 1 heterocycles. The van der Waals surface area contributed by atoms with Gasteiger partial charge in [-0.3, -0.25) is 4.79 Å². The highest BCUT2D eigenvalue weighted by Crippen LogP contribution is 2.05. The van der Waals surface area contributed by atoms with Gasteiger partial charge in [0.15, 0.2) is 0 Å². The van der Waals surface area contributed by atoms with Crippen LogP contribution in [0.25, 0.3) is 0 Å². The molecule has 0 aliphatic carbocycles. The predicted molar refractivity (Wildman–Crippen MR) is 65.6 cm³/mol. The summed E-state index contributed by atoms with van der Waals surface area (Å²) < 4.78 is 0. The highest BCUT2D eigenvalue weighted by Gasteiger charge is 2.05. The average Bonchev–Trinajstić information content (AvgIpc) is 2.46. The highest BCUT2D eigenvalue weighted by molar-refractivity contribution is 5.93. The van der Waals surface area contributed by atoms with Crippen molar-refractivity contribution in [3.63, 3.8) is 0 Å². The Kier molecular flexibility index (Phi) is 3.98. The molecule has 0 unspecified atom stereocenters. The van der Waals surface area contributed by atoms with Crippen LogP contribution in [0.3, 0.4) is 0 Å². The number of aliphatic hydroxyl groups excluding tert-OH is 1. The SMILES string of the molecule is O=C(NCc1cccc(CO)c1)c1cncnc1. The summed E-state index contributed by atoms with van der Waals surface area (Å²) in [4.78, 5) is 19.3. The Morgan fingerprint density at radius 1 is 1.22 bits per heavy atom. The molecule has 0 saturated heterocycles. The highest BCUT2D eigenvalue weighted by atomic mass is 16.3. The second-order valence-electron chi connectivity index (χ2n) is 3.79. The molecule has 2 N–H and O–H groups in total. The second-order valence-corrected chi connectivity index (χ2v) is 3.79. The first kappa shape index (κ1) is 12.2. The van der Waals surface area contributed by atoms with Crippen molar-refractivity contribution in [2.75, 3.05) is 0 Å².